The second-order valence-electron chi connectivity index (χ2n) is 2.26. The number of anilines is 1. The summed E-state index contributed by atoms with van der Waals surface area (Å²) in [6.45, 7) is 0. The molecule has 0 saturated carbocycles. The Morgan fingerprint density at radius 1 is 1.18 bits per heavy atom. The van der Waals surface area contributed by atoms with Gasteiger partial charge in [-0.05, 0) is 0 Å². The summed E-state index contributed by atoms with van der Waals surface area (Å²) >= 11 is -4.62. The minimum absolute atomic E-state index is 0.144. The van der Waals surface area contributed by atoms with Crippen LogP contribution >= 0.6 is 0 Å². The summed E-state index contributed by atoms with van der Waals surface area (Å²) in [6.07, 6.45) is 0. The normalized spacial score (nSPS) is 13.0. The van der Waals surface area contributed by atoms with Crippen LogP contribution in [0.4, 0.5) is 5.69 Å². The van der Waals surface area contributed by atoms with Gasteiger partial charge in [0.15, 0.2) is 0 Å². The van der Waals surface area contributed by atoms with Gasteiger partial charge in [-0.2, -0.15) is 0 Å². The van der Waals surface area contributed by atoms with Crippen LogP contribution in [0.5, 0.6) is 0 Å². The van der Waals surface area contributed by atoms with Crippen molar-refractivity contribution in [2.24, 2.45) is 0 Å². The van der Waals surface area contributed by atoms with Crippen LogP contribution in [0.15, 0.2) is 24.3 Å². The Balaban J connectivity index is 3.06. The van der Waals surface area contributed by atoms with Crippen molar-refractivity contribution in [3.63, 3.8) is 0 Å². The first-order valence-electron chi connectivity index (χ1n) is 3.03. The second-order valence-corrected chi connectivity index (χ2v) is 6.14. The maximum atomic E-state index is 8.86. The number of rotatable bonds is 1. The molecule has 0 heterocycles. The molecular formula is C6H10AsNO3. The molecule has 62 valence electrons. The van der Waals surface area contributed by atoms with Crippen LogP contribution in [0, 0.1) is 0 Å². The Bertz CT molecular complexity index is 258. The van der Waals surface area contributed by atoms with Gasteiger partial charge in [0.25, 0.3) is 0 Å². The predicted octanol–water partition coefficient (Wildman–Crippen LogP) is -1.88. The van der Waals surface area contributed by atoms with Gasteiger partial charge in [-0.25, -0.2) is 0 Å². The summed E-state index contributed by atoms with van der Waals surface area (Å²) in [6, 6.07) is 5.97. The average Bonchev–Trinajstić information content (AvgIpc) is 1.86. The number of nitrogen functional groups attached to an aromatic ring is 1. The molecule has 11 heavy (non-hydrogen) atoms. The molecular weight excluding hydrogens is 209 g/mol. The van der Waals surface area contributed by atoms with Crippen molar-refractivity contribution in [2.45, 2.75) is 0 Å². The van der Waals surface area contributed by atoms with Gasteiger partial charge >= 0.3 is 66.9 Å². The molecule has 5 N–H and O–H groups in total. The number of benzene rings is 1. The fourth-order valence-electron chi connectivity index (χ4n) is 0.747. The van der Waals surface area contributed by atoms with E-state index in [1.807, 2.05) is 0 Å². The Labute approximate surface area is 67.4 Å². The Morgan fingerprint density at radius 2 is 1.82 bits per heavy atom. The monoisotopic (exact) mass is 219 g/mol. The topological polar surface area (TPSA) is 86.7 Å². The zero-order valence-corrected chi connectivity index (χ0v) is 7.83. The fraction of sp³-hybridized carbons (Fsp3) is 0. The van der Waals surface area contributed by atoms with Gasteiger partial charge in [0.05, 0.1) is 0 Å². The van der Waals surface area contributed by atoms with Crippen molar-refractivity contribution in [1.82, 2.24) is 0 Å². The summed E-state index contributed by atoms with van der Waals surface area (Å²) in [4.78, 5) is 0. The SMILES string of the molecule is Nc1cccc([AsH](O)(O)O)c1. The molecule has 0 bridgehead atoms. The molecule has 5 heteroatoms. The molecule has 0 radical (unpaired) electrons. The standard InChI is InChI=1S/C6H10AsNO3/c8-6-3-1-2-5(4-6)7(9,10)11/h1-4,7,9-11H,8H2. The summed E-state index contributed by atoms with van der Waals surface area (Å²) in [7, 11) is 0. The molecule has 1 aromatic carbocycles. The molecule has 0 fully saturated rings. The number of hydrogen-bond donors (Lipinski definition) is 4. The molecule has 0 aliphatic rings. The van der Waals surface area contributed by atoms with Crippen molar-refractivity contribution in [3.8, 4) is 0 Å². The third-order valence-corrected chi connectivity index (χ3v) is 3.55. The molecule has 4 nitrogen and oxygen atoms in total. The van der Waals surface area contributed by atoms with Crippen LogP contribution in [-0.2, 0) is 0 Å². The molecule has 0 aromatic heterocycles. The third-order valence-electron chi connectivity index (χ3n) is 1.27. The average molecular weight is 219 g/mol. The Kier molecular flexibility index (Phi) is 2.20. The third kappa shape index (κ3) is 2.20. The molecule has 0 atom stereocenters. The molecule has 0 unspecified atom stereocenters. The molecule has 0 aliphatic carbocycles. The van der Waals surface area contributed by atoms with E-state index in [-0.39, 0.29) is 4.35 Å². The van der Waals surface area contributed by atoms with Gasteiger partial charge in [-0.3, -0.25) is 0 Å². The Morgan fingerprint density at radius 3 is 2.18 bits per heavy atom. The van der Waals surface area contributed by atoms with E-state index in [4.69, 9.17) is 18.0 Å². The quantitative estimate of drug-likeness (QED) is 0.329. The van der Waals surface area contributed by atoms with Gasteiger partial charge in [0.2, 0.25) is 0 Å². The molecule has 0 aliphatic heterocycles. The first-order valence-corrected chi connectivity index (χ1v) is 6.89. The first kappa shape index (κ1) is 8.55. The van der Waals surface area contributed by atoms with Gasteiger partial charge in [0.1, 0.15) is 0 Å². The van der Waals surface area contributed by atoms with E-state index in [1.165, 1.54) is 12.1 Å². The van der Waals surface area contributed by atoms with Crippen molar-refractivity contribution >= 4 is 24.6 Å². The number of hydrogen-bond acceptors (Lipinski definition) is 4. The van der Waals surface area contributed by atoms with E-state index in [9.17, 15) is 0 Å². The van der Waals surface area contributed by atoms with Gasteiger partial charge in [-0.15, -0.1) is 0 Å². The molecule has 0 saturated heterocycles. The minimum atomic E-state index is -4.62. The summed E-state index contributed by atoms with van der Waals surface area (Å²) in [5, 5.41) is 0. The van der Waals surface area contributed by atoms with Crippen LogP contribution in [0.2, 0.25) is 0 Å². The molecule has 1 rings (SSSR count). The van der Waals surface area contributed by atoms with E-state index in [0.29, 0.717) is 5.69 Å². The summed E-state index contributed by atoms with van der Waals surface area (Å²) in [5.41, 5.74) is 5.76. The zero-order valence-electron chi connectivity index (χ0n) is 5.73. The summed E-state index contributed by atoms with van der Waals surface area (Å²) < 4.78 is 26.7. The van der Waals surface area contributed by atoms with Gasteiger partial charge < -0.3 is 0 Å². The molecule has 0 spiro atoms. The van der Waals surface area contributed by atoms with Crippen molar-refractivity contribution in [1.29, 1.82) is 0 Å². The van der Waals surface area contributed by atoms with Crippen LogP contribution < -0.4 is 10.1 Å². The van der Waals surface area contributed by atoms with Crippen LogP contribution in [-0.4, -0.2) is 26.9 Å². The van der Waals surface area contributed by atoms with Crippen LogP contribution in [0.25, 0.3) is 0 Å². The van der Waals surface area contributed by atoms with Gasteiger partial charge in [-0.1, -0.05) is 0 Å². The molecule has 0 amide bonds. The summed E-state index contributed by atoms with van der Waals surface area (Å²) in [5.74, 6) is 0. The predicted molar refractivity (Wildman–Crippen MR) is 44.3 cm³/mol. The van der Waals surface area contributed by atoms with Crippen molar-refractivity contribution in [2.75, 3.05) is 5.73 Å². The maximum absolute atomic E-state index is 8.86. The van der Waals surface area contributed by atoms with Crippen LogP contribution in [0.3, 0.4) is 0 Å². The molecule has 1 aromatic rings. The van der Waals surface area contributed by atoms with Crippen molar-refractivity contribution < 1.29 is 12.3 Å². The van der Waals surface area contributed by atoms with Crippen LogP contribution in [0.1, 0.15) is 0 Å². The van der Waals surface area contributed by atoms with Gasteiger partial charge in [0, 0.05) is 0 Å². The van der Waals surface area contributed by atoms with E-state index in [0.717, 1.165) is 0 Å². The zero-order chi connectivity index (χ0) is 8.48. The first-order chi connectivity index (χ1) is 5.00. The second kappa shape index (κ2) is 2.83. The fourth-order valence-corrected chi connectivity index (χ4v) is 2.17. The van der Waals surface area contributed by atoms with E-state index in [2.05, 4.69) is 0 Å². The van der Waals surface area contributed by atoms with E-state index < -0.39 is 14.6 Å². The number of nitrogens with two attached hydrogens (primary N) is 1. The van der Waals surface area contributed by atoms with Crippen molar-refractivity contribution in [3.05, 3.63) is 24.3 Å². The van der Waals surface area contributed by atoms with E-state index >= 15 is 0 Å². The van der Waals surface area contributed by atoms with E-state index in [1.54, 1.807) is 12.1 Å². The Hall–Kier alpha value is -0.542.